The summed E-state index contributed by atoms with van der Waals surface area (Å²) in [5.74, 6) is -0.368. The Morgan fingerprint density at radius 2 is 2.35 bits per heavy atom. The van der Waals surface area contributed by atoms with E-state index in [2.05, 4.69) is 20.8 Å². The molecule has 0 bridgehead atoms. The van der Waals surface area contributed by atoms with Crippen molar-refractivity contribution in [3.63, 3.8) is 0 Å². The molecule has 1 saturated heterocycles. The second-order valence-electron chi connectivity index (χ2n) is 5.02. The lowest BCUT2D eigenvalue weighted by Gasteiger charge is -2.29. The van der Waals surface area contributed by atoms with E-state index in [0.29, 0.717) is 17.9 Å². The van der Waals surface area contributed by atoms with Gasteiger partial charge in [0.05, 0.1) is 12.2 Å². The summed E-state index contributed by atoms with van der Waals surface area (Å²) in [6.07, 6.45) is -0.0671. The Labute approximate surface area is 127 Å². The average molecular weight is 343 g/mol. The van der Waals surface area contributed by atoms with Crippen LogP contribution in [0.15, 0.2) is 16.6 Å². The maximum Gasteiger partial charge on any atom is 0.338 e. The Bertz CT molecular complexity index is 507. The number of hydrogen-bond donors (Lipinski definition) is 1. The SMILES string of the molecule is Cc1c(N)cc(Br)cc1C(=O)OCC1CN(C)CCO1. The number of morpholine rings is 1. The molecule has 0 aromatic heterocycles. The Morgan fingerprint density at radius 1 is 1.60 bits per heavy atom. The van der Waals surface area contributed by atoms with Gasteiger partial charge in [0.25, 0.3) is 0 Å². The molecule has 0 aliphatic carbocycles. The van der Waals surface area contributed by atoms with Crippen LogP contribution in [0.4, 0.5) is 5.69 Å². The van der Waals surface area contributed by atoms with E-state index in [1.807, 2.05) is 14.0 Å². The van der Waals surface area contributed by atoms with Gasteiger partial charge in [-0.15, -0.1) is 0 Å². The Morgan fingerprint density at radius 3 is 3.05 bits per heavy atom. The fourth-order valence-electron chi connectivity index (χ4n) is 2.13. The summed E-state index contributed by atoms with van der Waals surface area (Å²) in [6, 6.07) is 3.49. The number of carbonyl (C=O) groups is 1. The van der Waals surface area contributed by atoms with Crippen LogP contribution in [0, 0.1) is 6.92 Å². The second kappa shape index (κ2) is 6.56. The standard InChI is InChI=1S/C14H19BrN2O3/c1-9-12(5-10(15)6-13(9)16)14(18)20-8-11-7-17(2)3-4-19-11/h5-6,11H,3-4,7-8,16H2,1-2H3. The molecule has 1 atom stereocenters. The van der Waals surface area contributed by atoms with Crippen molar-refractivity contribution >= 4 is 27.6 Å². The highest BCUT2D eigenvalue weighted by atomic mass is 79.9. The highest BCUT2D eigenvalue weighted by Gasteiger charge is 2.21. The molecule has 1 aromatic rings. The monoisotopic (exact) mass is 342 g/mol. The minimum absolute atomic E-state index is 0.0671. The number of benzene rings is 1. The molecule has 2 N–H and O–H groups in total. The summed E-state index contributed by atoms with van der Waals surface area (Å²) < 4.78 is 11.7. The number of hydrogen-bond acceptors (Lipinski definition) is 5. The van der Waals surface area contributed by atoms with Crippen LogP contribution >= 0.6 is 15.9 Å². The lowest BCUT2D eigenvalue weighted by Crippen LogP contribution is -2.42. The molecular formula is C14H19BrN2O3. The van der Waals surface area contributed by atoms with Gasteiger partial charge in [0, 0.05) is 23.2 Å². The van der Waals surface area contributed by atoms with E-state index in [9.17, 15) is 4.79 Å². The van der Waals surface area contributed by atoms with Crippen LogP contribution in [0.2, 0.25) is 0 Å². The van der Waals surface area contributed by atoms with Gasteiger partial charge in [-0.3, -0.25) is 0 Å². The van der Waals surface area contributed by atoms with Crippen LogP contribution in [0.3, 0.4) is 0 Å². The lowest BCUT2D eigenvalue weighted by molar-refractivity contribution is -0.0528. The quantitative estimate of drug-likeness (QED) is 0.670. The van der Waals surface area contributed by atoms with Crippen molar-refractivity contribution in [2.45, 2.75) is 13.0 Å². The molecule has 1 heterocycles. The molecule has 0 saturated carbocycles. The van der Waals surface area contributed by atoms with Crippen LogP contribution in [-0.4, -0.2) is 50.3 Å². The number of nitrogens with two attached hydrogens (primary N) is 1. The normalized spacial score (nSPS) is 19.9. The predicted molar refractivity (Wildman–Crippen MR) is 80.8 cm³/mol. The molecule has 1 unspecified atom stereocenters. The van der Waals surface area contributed by atoms with Gasteiger partial charge in [-0.05, 0) is 31.7 Å². The molecule has 1 aromatic carbocycles. The number of rotatable bonds is 3. The van der Waals surface area contributed by atoms with E-state index in [-0.39, 0.29) is 18.7 Å². The zero-order valence-electron chi connectivity index (χ0n) is 11.7. The molecule has 0 radical (unpaired) electrons. The highest BCUT2D eigenvalue weighted by Crippen LogP contribution is 2.23. The molecule has 20 heavy (non-hydrogen) atoms. The number of likely N-dealkylation sites (N-methyl/N-ethyl adjacent to an activating group) is 1. The lowest BCUT2D eigenvalue weighted by atomic mass is 10.1. The molecule has 0 spiro atoms. The van der Waals surface area contributed by atoms with E-state index in [4.69, 9.17) is 15.2 Å². The largest absolute Gasteiger partial charge is 0.459 e. The minimum atomic E-state index is -0.368. The van der Waals surface area contributed by atoms with Crippen LogP contribution in [-0.2, 0) is 9.47 Å². The summed E-state index contributed by atoms with van der Waals surface area (Å²) in [5, 5.41) is 0. The number of esters is 1. The smallest absolute Gasteiger partial charge is 0.338 e. The Kier molecular flexibility index (Phi) is 5.01. The van der Waals surface area contributed by atoms with Crippen molar-refractivity contribution in [3.05, 3.63) is 27.7 Å². The van der Waals surface area contributed by atoms with Gasteiger partial charge in [-0.25, -0.2) is 4.79 Å². The van der Waals surface area contributed by atoms with Crippen LogP contribution in [0.1, 0.15) is 15.9 Å². The molecular weight excluding hydrogens is 324 g/mol. The van der Waals surface area contributed by atoms with Crippen molar-refractivity contribution in [2.75, 3.05) is 39.1 Å². The Balaban J connectivity index is 1.98. The first-order chi connectivity index (χ1) is 9.47. The maximum atomic E-state index is 12.1. The summed E-state index contributed by atoms with van der Waals surface area (Å²) >= 11 is 3.33. The van der Waals surface area contributed by atoms with Crippen molar-refractivity contribution in [3.8, 4) is 0 Å². The van der Waals surface area contributed by atoms with Crippen LogP contribution in [0.5, 0.6) is 0 Å². The van der Waals surface area contributed by atoms with Crippen molar-refractivity contribution in [1.29, 1.82) is 0 Å². The van der Waals surface area contributed by atoms with Gasteiger partial charge in [-0.1, -0.05) is 15.9 Å². The van der Waals surface area contributed by atoms with E-state index in [0.717, 1.165) is 23.1 Å². The fourth-order valence-corrected chi connectivity index (χ4v) is 2.60. The number of halogens is 1. The van der Waals surface area contributed by atoms with Crippen LogP contribution < -0.4 is 5.73 Å². The highest BCUT2D eigenvalue weighted by molar-refractivity contribution is 9.10. The van der Waals surface area contributed by atoms with Crippen molar-refractivity contribution in [1.82, 2.24) is 4.90 Å². The van der Waals surface area contributed by atoms with Gasteiger partial charge < -0.3 is 20.1 Å². The molecule has 1 aliphatic rings. The molecule has 110 valence electrons. The van der Waals surface area contributed by atoms with Gasteiger partial charge in [-0.2, -0.15) is 0 Å². The number of nitrogens with zero attached hydrogens (tertiary/aromatic N) is 1. The fraction of sp³-hybridized carbons (Fsp3) is 0.500. The van der Waals surface area contributed by atoms with E-state index >= 15 is 0 Å². The summed E-state index contributed by atoms with van der Waals surface area (Å²) in [5.41, 5.74) is 7.64. The number of carbonyl (C=O) groups excluding carboxylic acids is 1. The minimum Gasteiger partial charge on any atom is -0.459 e. The molecule has 1 aliphatic heterocycles. The first kappa shape index (κ1) is 15.3. The van der Waals surface area contributed by atoms with Gasteiger partial charge in [0.15, 0.2) is 0 Å². The first-order valence-corrected chi connectivity index (χ1v) is 7.29. The molecule has 1 fully saturated rings. The second-order valence-corrected chi connectivity index (χ2v) is 5.94. The third-order valence-corrected chi connectivity index (χ3v) is 3.83. The molecule has 2 rings (SSSR count). The number of anilines is 1. The van der Waals surface area contributed by atoms with E-state index < -0.39 is 0 Å². The summed E-state index contributed by atoms with van der Waals surface area (Å²) in [6.45, 7) is 4.42. The van der Waals surface area contributed by atoms with Gasteiger partial charge in [0.2, 0.25) is 0 Å². The average Bonchev–Trinajstić information content (AvgIpc) is 2.40. The summed E-state index contributed by atoms with van der Waals surface area (Å²) in [4.78, 5) is 14.3. The van der Waals surface area contributed by atoms with Gasteiger partial charge in [0.1, 0.15) is 12.7 Å². The number of ether oxygens (including phenoxy) is 2. The van der Waals surface area contributed by atoms with Crippen molar-refractivity contribution < 1.29 is 14.3 Å². The van der Waals surface area contributed by atoms with Gasteiger partial charge >= 0.3 is 5.97 Å². The molecule has 6 heteroatoms. The summed E-state index contributed by atoms with van der Waals surface area (Å²) in [7, 11) is 2.02. The number of nitrogen functional groups attached to an aromatic ring is 1. The first-order valence-electron chi connectivity index (χ1n) is 6.50. The van der Waals surface area contributed by atoms with Crippen LogP contribution in [0.25, 0.3) is 0 Å². The third-order valence-electron chi connectivity index (χ3n) is 3.37. The topological polar surface area (TPSA) is 64.8 Å². The third kappa shape index (κ3) is 3.71. The van der Waals surface area contributed by atoms with Crippen molar-refractivity contribution in [2.24, 2.45) is 0 Å². The zero-order chi connectivity index (χ0) is 14.7. The molecule has 5 nitrogen and oxygen atoms in total. The Hall–Kier alpha value is -1.11. The van der Waals surface area contributed by atoms with E-state index in [1.54, 1.807) is 12.1 Å². The maximum absolute atomic E-state index is 12.1. The predicted octanol–water partition coefficient (Wildman–Crippen LogP) is 1.83. The molecule has 0 amide bonds. The van der Waals surface area contributed by atoms with E-state index in [1.165, 1.54) is 0 Å². The zero-order valence-corrected chi connectivity index (χ0v) is 13.3.